The van der Waals surface area contributed by atoms with Crippen LogP contribution in [-0.2, 0) is 20.1 Å². The predicted molar refractivity (Wildman–Crippen MR) is 74.6 cm³/mol. The molecule has 0 aliphatic rings. The third-order valence-corrected chi connectivity index (χ3v) is 3.04. The Balaban J connectivity index is 2.09. The van der Waals surface area contributed by atoms with Crippen molar-refractivity contribution in [3.8, 4) is 0 Å². The highest BCUT2D eigenvalue weighted by atomic mass is 19.1. The molecule has 1 heterocycles. The van der Waals surface area contributed by atoms with Crippen LogP contribution in [0.1, 0.15) is 11.1 Å². The summed E-state index contributed by atoms with van der Waals surface area (Å²) >= 11 is 0. The summed E-state index contributed by atoms with van der Waals surface area (Å²) in [5, 5.41) is 22.7. The van der Waals surface area contributed by atoms with Gasteiger partial charge in [-0.3, -0.25) is 9.58 Å². The van der Waals surface area contributed by atoms with E-state index in [2.05, 4.69) is 5.10 Å². The second-order valence-electron chi connectivity index (χ2n) is 4.91. The maximum atomic E-state index is 13.1. The monoisotopic (exact) mass is 277 g/mol. The van der Waals surface area contributed by atoms with Crippen LogP contribution in [0, 0.1) is 5.82 Å². The average Bonchev–Trinajstić information content (AvgIpc) is 2.76. The van der Waals surface area contributed by atoms with E-state index in [0.717, 1.165) is 11.6 Å². The van der Waals surface area contributed by atoms with Crippen LogP contribution in [0.5, 0.6) is 0 Å². The number of benzene rings is 1. The van der Waals surface area contributed by atoms with Crippen LogP contribution in [0.3, 0.4) is 0 Å². The lowest BCUT2D eigenvalue weighted by Gasteiger charge is -2.18. The van der Waals surface area contributed by atoms with Gasteiger partial charge in [-0.1, -0.05) is 6.07 Å². The maximum Gasteiger partial charge on any atom is 0.488 e. The van der Waals surface area contributed by atoms with Gasteiger partial charge >= 0.3 is 7.12 Å². The van der Waals surface area contributed by atoms with Gasteiger partial charge in [0.1, 0.15) is 5.82 Å². The molecule has 1 aromatic heterocycles. The molecule has 0 aliphatic carbocycles. The first-order valence-corrected chi connectivity index (χ1v) is 6.26. The van der Waals surface area contributed by atoms with E-state index in [0.29, 0.717) is 18.7 Å². The number of nitrogens with zero attached hydrogens (tertiary/aromatic N) is 3. The molecule has 0 saturated heterocycles. The first kappa shape index (κ1) is 14.7. The van der Waals surface area contributed by atoms with Crippen LogP contribution >= 0.6 is 0 Å². The Morgan fingerprint density at radius 3 is 2.70 bits per heavy atom. The van der Waals surface area contributed by atoms with Gasteiger partial charge < -0.3 is 10.0 Å². The number of halogens is 1. The highest BCUT2D eigenvalue weighted by molar-refractivity contribution is 6.59. The molecule has 0 saturated carbocycles. The topological polar surface area (TPSA) is 61.5 Å². The van der Waals surface area contributed by atoms with Crippen molar-refractivity contribution in [2.45, 2.75) is 13.1 Å². The summed E-state index contributed by atoms with van der Waals surface area (Å²) in [4.78, 5) is 2.00. The largest absolute Gasteiger partial charge is 0.488 e. The Hall–Kier alpha value is -1.70. The molecule has 5 nitrogen and oxygen atoms in total. The van der Waals surface area contributed by atoms with E-state index < -0.39 is 12.9 Å². The van der Waals surface area contributed by atoms with Crippen molar-refractivity contribution >= 4 is 12.6 Å². The summed E-state index contributed by atoms with van der Waals surface area (Å²) in [6, 6.07) is 4.04. The first-order valence-electron chi connectivity index (χ1n) is 6.26. The second kappa shape index (κ2) is 6.17. The second-order valence-corrected chi connectivity index (χ2v) is 4.91. The Morgan fingerprint density at radius 1 is 1.35 bits per heavy atom. The van der Waals surface area contributed by atoms with Crippen LogP contribution in [0.15, 0.2) is 30.6 Å². The summed E-state index contributed by atoms with van der Waals surface area (Å²) in [5.41, 5.74) is 1.94. The SMILES string of the molecule is CN(Cc1cnn(C)c1)Cc1ccc(F)cc1B(O)O. The van der Waals surface area contributed by atoms with Crippen LogP contribution in [0.2, 0.25) is 0 Å². The van der Waals surface area contributed by atoms with Gasteiger partial charge in [-0.15, -0.1) is 0 Å². The minimum absolute atomic E-state index is 0.197. The molecule has 2 rings (SSSR count). The predicted octanol–water partition coefficient (Wildman–Crippen LogP) is -0.129. The van der Waals surface area contributed by atoms with E-state index in [1.165, 1.54) is 6.07 Å². The fourth-order valence-corrected chi connectivity index (χ4v) is 2.16. The third kappa shape index (κ3) is 3.66. The molecule has 0 bridgehead atoms. The van der Waals surface area contributed by atoms with Gasteiger partial charge in [0.2, 0.25) is 0 Å². The van der Waals surface area contributed by atoms with Crippen LogP contribution in [0.25, 0.3) is 0 Å². The van der Waals surface area contributed by atoms with Gasteiger partial charge in [0.05, 0.1) is 6.20 Å². The van der Waals surface area contributed by atoms with Crippen molar-refractivity contribution < 1.29 is 14.4 Å². The molecule has 0 fully saturated rings. The number of aryl methyl sites for hydroxylation is 1. The minimum atomic E-state index is -1.67. The van der Waals surface area contributed by atoms with Gasteiger partial charge in [0, 0.05) is 31.9 Å². The fourth-order valence-electron chi connectivity index (χ4n) is 2.16. The molecule has 0 aliphatic heterocycles. The Labute approximate surface area is 117 Å². The number of rotatable bonds is 5. The lowest BCUT2D eigenvalue weighted by Crippen LogP contribution is -2.35. The molecule has 0 spiro atoms. The van der Waals surface area contributed by atoms with Crippen molar-refractivity contribution in [1.29, 1.82) is 0 Å². The lowest BCUT2D eigenvalue weighted by molar-refractivity contribution is 0.319. The van der Waals surface area contributed by atoms with Crippen molar-refractivity contribution in [3.05, 3.63) is 47.5 Å². The molecule has 1 aromatic carbocycles. The van der Waals surface area contributed by atoms with E-state index in [4.69, 9.17) is 0 Å². The van der Waals surface area contributed by atoms with E-state index >= 15 is 0 Å². The zero-order valence-electron chi connectivity index (χ0n) is 11.5. The molecule has 0 atom stereocenters. The Bertz CT molecular complexity index is 589. The number of aromatic nitrogens is 2. The normalized spacial score (nSPS) is 11.1. The van der Waals surface area contributed by atoms with Gasteiger partial charge in [-0.2, -0.15) is 5.10 Å². The lowest BCUT2D eigenvalue weighted by atomic mass is 9.77. The summed E-state index contributed by atoms with van der Waals surface area (Å²) in [5.74, 6) is -0.480. The van der Waals surface area contributed by atoms with Crippen molar-refractivity contribution in [1.82, 2.24) is 14.7 Å². The van der Waals surface area contributed by atoms with Gasteiger partial charge in [0.15, 0.2) is 0 Å². The molecule has 7 heteroatoms. The van der Waals surface area contributed by atoms with E-state index in [1.807, 2.05) is 25.2 Å². The first-order chi connectivity index (χ1) is 9.45. The molecule has 0 unspecified atom stereocenters. The van der Waals surface area contributed by atoms with Crippen molar-refractivity contribution in [2.75, 3.05) is 7.05 Å². The highest BCUT2D eigenvalue weighted by Crippen LogP contribution is 2.08. The summed E-state index contributed by atoms with van der Waals surface area (Å²) < 4.78 is 14.9. The molecular formula is C13H17BFN3O2. The Kier molecular flexibility index (Phi) is 4.54. The third-order valence-electron chi connectivity index (χ3n) is 3.04. The highest BCUT2D eigenvalue weighted by Gasteiger charge is 2.17. The van der Waals surface area contributed by atoms with E-state index in [9.17, 15) is 14.4 Å². The molecule has 106 valence electrons. The molecular weight excluding hydrogens is 260 g/mol. The molecule has 0 amide bonds. The zero-order chi connectivity index (χ0) is 14.7. The fraction of sp³-hybridized carbons (Fsp3) is 0.308. The van der Waals surface area contributed by atoms with Crippen molar-refractivity contribution in [3.63, 3.8) is 0 Å². The zero-order valence-corrected chi connectivity index (χ0v) is 11.5. The Morgan fingerprint density at radius 2 is 2.10 bits per heavy atom. The van der Waals surface area contributed by atoms with Crippen LogP contribution < -0.4 is 5.46 Å². The maximum absolute atomic E-state index is 13.1. The van der Waals surface area contributed by atoms with Gasteiger partial charge in [0.25, 0.3) is 0 Å². The van der Waals surface area contributed by atoms with Crippen molar-refractivity contribution in [2.24, 2.45) is 7.05 Å². The molecule has 20 heavy (non-hydrogen) atoms. The quantitative estimate of drug-likeness (QED) is 0.747. The number of hydrogen-bond acceptors (Lipinski definition) is 4. The minimum Gasteiger partial charge on any atom is -0.423 e. The van der Waals surface area contributed by atoms with Gasteiger partial charge in [-0.25, -0.2) is 4.39 Å². The van der Waals surface area contributed by atoms with E-state index in [-0.39, 0.29) is 5.46 Å². The summed E-state index contributed by atoms with van der Waals surface area (Å²) in [7, 11) is 2.08. The van der Waals surface area contributed by atoms with Crippen LogP contribution in [-0.4, -0.2) is 38.9 Å². The van der Waals surface area contributed by atoms with E-state index in [1.54, 1.807) is 16.9 Å². The smallest absolute Gasteiger partial charge is 0.423 e. The standard InChI is InChI=1S/C13H17BFN3O2/c1-17(7-10-6-16-18(2)8-10)9-11-3-4-12(15)5-13(11)14(19)20/h3-6,8,19-20H,7,9H2,1-2H3. The molecule has 0 radical (unpaired) electrons. The average molecular weight is 277 g/mol. The summed E-state index contributed by atoms with van der Waals surface area (Å²) in [6.45, 7) is 1.16. The molecule has 2 aromatic rings. The molecule has 2 N–H and O–H groups in total. The number of hydrogen-bond donors (Lipinski definition) is 2. The van der Waals surface area contributed by atoms with Gasteiger partial charge in [-0.05, 0) is 30.2 Å². The summed E-state index contributed by atoms with van der Waals surface area (Å²) in [6.07, 6.45) is 3.70. The van der Waals surface area contributed by atoms with Crippen LogP contribution in [0.4, 0.5) is 4.39 Å².